The van der Waals surface area contributed by atoms with E-state index in [-0.39, 0.29) is 0 Å². The Labute approximate surface area is 90.4 Å². The Kier molecular flexibility index (Phi) is 2.78. The lowest BCUT2D eigenvalue weighted by molar-refractivity contribution is 0.924. The van der Waals surface area contributed by atoms with Crippen molar-refractivity contribution in [2.45, 2.75) is 24.7 Å². The van der Waals surface area contributed by atoms with Gasteiger partial charge >= 0.3 is 0 Å². The van der Waals surface area contributed by atoms with Crippen molar-refractivity contribution in [3.63, 3.8) is 0 Å². The van der Waals surface area contributed by atoms with Gasteiger partial charge in [-0.2, -0.15) is 0 Å². The third kappa shape index (κ3) is 1.93. The van der Waals surface area contributed by atoms with Gasteiger partial charge in [-0.3, -0.25) is 0 Å². The van der Waals surface area contributed by atoms with Gasteiger partial charge in [0.1, 0.15) is 0 Å². The molecule has 0 unspecified atom stereocenters. The Balaban J connectivity index is 2.50. The summed E-state index contributed by atoms with van der Waals surface area (Å²) in [7, 11) is 0. The highest BCUT2D eigenvalue weighted by atomic mass is 32.1. The van der Waals surface area contributed by atoms with Crippen LogP contribution in [0.1, 0.15) is 18.9 Å². The Bertz CT molecular complexity index is 446. The Hall–Kier alpha value is -0.950. The number of aryl methyl sites for hydroxylation is 1. The maximum atomic E-state index is 4.33. The van der Waals surface area contributed by atoms with Gasteiger partial charge in [-0.15, -0.1) is 12.6 Å². The van der Waals surface area contributed by atoms with Crippen LogP contribution in [0, 0.1) is 0 Å². The second-order valence-corrected chi connectivity index (χ2v) is 4.13. The molecule has 0 amide bonds. The fraction of sp³-hybridized carbons (Fsp3) is 0.231. The molecular formula is C13H14S. The molecule has 0 radical (unpaired) electrons. The van der Waals surface area contributed by atoms with Gasteiger partial charge in [-0.25, -0.2) is 0 Å². The summed E-state index contributed by atoms with van der Waals surface area (Å²) in [6.07, 6.45) is 2.37. The maximum absolute atomic E-state index is 4.33. The van der Waals surface area contributed by atoms with Crippen molar-refractivity contribution >= 4 is 23.4 Å². The maximum Gasteiger partial charge on any atom is 0.00463 e. The molecule has 0 aliphatic carbocycles. The van der Waals surface area contributed by atoms with E-state index in [4.69, 9.17) is 0 Å². The predicted octanol–water partition coefficient (Wildman–Crippen LogP) is 4.08. The first-order chi connectivity index (χ1) is 6.79. The Morgan fingerprint density at radius 1 is 1.00 bits per heavy atom. The summed E-state index contributed by atoms with van der Waals surface area (Å²) in [6, 6.07) is 12.9. The molecule has 0 spiro atoms. The normalized spacial score (nSPS) is 10.7. The van der Waals surface area contributed by atoms with Crippen molar-refractivity contribution in [2.24, 2.45) is 0 Å². The standard InChI is InChI=1S/C13H14S/c1-2-3-10-4-5-12-9-13(14)7-6-11(12)8-10/h4-9,14H,2-3H2,1H3. The van der Waals surface area contributed by atoms with Crippen molar-refractivity contribution in [1.82, 2.24) is 0 Å². The largest absolute Gasteiger partial charge is 0.143 e. The molecule has 0 atom stereocenters. The molecule has 72 valence electrons. The van der Waals surface area contributed by atoms with Crippen LogP contribution in [0.2, 0.25) is 0 Å². The topological polar surface area (TPSA) is 0 Å². The lowest BCUT2D eigenvalue weighted by Crippen LogP contribution is -1.82. The summed E-state index contributed by atoms with van der Waals surface area (Å²) in [6.45, 7) is 2.21. The van der Waals surface area contributed by atoms with Crippen LogP contribution in [0.15, 0.2) is 41.3 Å². The summed E-state index contributed by atoms with van der Waals surface area (Å²) in [5.41, 5.74) is 1.42. The fourth-order valence-corrected chi connectivity index (χ4v) is 1.94. The number of rotatable bonds is 2. The number of benzene rings is 2. The van der Waals surface area contributed by atoms with E-state index in [1.807, 2.05) is 6.07 Å². The smallest absolute Gasteiger partial charge is 0.00463 e. The van der Waals surface area contributed by atoms with Crippen molar-refractivity contribution in [2.75, 3.05) is 0 Å². The molecular weight excluding hydrogens is 188 g/mol. The summed E-state index contributed by atoms with van der Waals surface area (Å²) in [5.74, 6) is 0. The summed E-state index contributed by atoms with van der Waals surface area (Å²) in [4.78, 5) is 1.03. The van der Waals surface area contributed by atoms with Gasteiger partial charge in [0.25, 0.3) is 0 Å². The highest BCUT2D eigenvalue weighted by molar-refractivity contribution is 7.80. The molecule has 0 saturated heterocycles. The van der Waals surface area contributed by atoms with Gasteiger partial charge in [0, 0.05) is 4.90 Å². The minimum atomic E-state index is 1.03. The zero-order valence-corrected chi connectivity index (χ0v) is 9.22. The van der Waals surface area contributed by atoms with Crippen molar-refractivity contribution in [1.29, 1.82) is 0 Å². The summed E-state index contributed by atoms with van der Waals surface area (Å²) >= 11 is 4.33. The quantitative estimate of drug-likeness (QED) is 0.697. The first kappa shape index (κ1) is 9.60. The second-order valence-electron chi connectivity index (χ2n) is 3.62. The van der Waals surface area contributed by atoms with Crippen LogP contribution in [0.4, 0.5) is 0 Å². The number of hydrogen-bond donors (Lipinski definition) is 1. The molecule has 2 aromatic carbocycles. The van der Waals surface area contributed by atoms with Crippen LogP contribution >= 0.6 is 12.6 Å². The average molecular weight is 202 g/mol. The van der Waals surface area contributed by atoms with E-state index in [2.05, 4.69) is 49.9 Å². The third-order valence-corrected chi connectivity index (χ3v) is 2.71. The summed E-state index contributed by atoms with van der Waals surface area (Å²) < 4.78 is 0. The SMILES string of the molecule is CCCc1ccc2cc(S)ccc2c1. The minimum Gasteiger partial charge on any atom is -0.143 e. The van der Waals surface area contributed by atoms with Gasteiger partial charge in [0.2, 0.25) is 0 Å². The average Bonchev–Trinajstić information content (AvgIpc) is 2.19. The van der Waals surface area contributed by atoms with Crippen LogP contribution in [-0.2, 0) is 6.42 Å². The van der Waals surface area contributed by atoms with Gasteiger partial charge in [0.15, 0.2) is 0 Å². The molecule has 1 heteroatoms. The Morgan fingerprint density at radius 3 is 2.50 bits per heavy atom. The van der Waals surface area contributed by atoms with E-state index in [1.165, 1.54) is 29.2 Å². The number of hydrogen-bond acceptors (Lipinski definition) is 1. The highest BCUT2D eigenvalue weighted by Gasteiger charge is 1.96. The van der Waals surface area contributed by atoms with Crippen LogP contribution < -0.4 is 0 Å². The molecule has 0 aliphatic rings. The zero-order chi connectivity index (χ0) is 9.97. The second kappa shape index (κ2) is 4.05. The van der Waals surface area contributed by atoms with Gasteiger partial charge in [-0.1, -0.05) is 37.6 Å². The van der Waals surface area contributed by atoms with Gasteiger partial charge in [0.05, 0.1) is 0 Å². The van der Waals surface area contributed by atoms with Gasteiger partial charge in [-0.05, 0) is 34.9 Å². The molecule has 2 rings (SSSR count). The lowest BCUT2D eigenvalue weighted by atomic mass is 10.0. The molecule has 0 aromatic heterocycles. The van der Waals surface area contributed by atoms with Crippen molar-refractivity contribution < 1.29 is 0 Å². The molecule has 0 heterocycles. The van der Waals surface area contributed by atoms with E-state index >= 15 is 0 Å². The van der Waals surface area contributed by atoms with Crippen molar-refractivity contribution in [3.8, 4) is 0 Å². The molecule has 0 N–H and O–H groups in total. The monoisotopic (exact) mass is 202 g/mol. The van der Waals surface area contributed by atoms with Gasteiger partial charge < -0.3 is 0 Å². The predicted molar refractivity (Wildman–Crippen MR) is 65.2 cm³/mol. The lowest BCUT2D eigenvalue weighted by Gasteiger charge is -2.02. The first-order valence-corrected chi connectivity index (χ1v) is 5.46. The van der Waals surface area contributed by atoms with Crippen LogP contribution in [0.25, 0.3) is 10.8 Å². The summed E-state index contributed by atoms with van der Waals surface area (Å²) in [5, 5.41) is 2.59. The first-order valence-electron chi connectivity index (χ1n) is 5.01. The highest BCUT2D eigenvalue weighted by Crippen LogP contribution is 2.20. The van der Waals surface area contributed by atoms with E-state index in [1.54, 1.807) is 0 Å². The molecule has 0 aliphatic heterocycles. The molecule has 0 fully saturated rings. The molecule has 0 saturated carbocycles. The Morgan fingerprint density at radius 2 is 1.71 bits per heavy atom. The third-order valence-electron chi connectivity index (χ3n) is 2.43. The minimum absolute atomic E-state index is 1.03. The zero-order valence-electron chi connectivity index (χ0n) is 8.33. The number of fused-ring (bicyclic) bond motifs is 1. The molecule has 14 heavy (non-hydrogen) atoms. The molecule has 0 nitrogen and oxygen atoms in total. The van der Waals surface area contributed by atoms with Crippen LogP contribution in [0.3, 0.4) is 0 Å². The van der Waals surface area contributed by atoms with Crippen molar-refractivity contribution in [3.05, 3.63) is 42.0 Å². The molecule has 0 bridgehead atoms. The van der Waals surface area contributed by atoms with E-state index in [9.17, 15) is 0 Å². The van der Waals surface area contributed by atoms with E-state index in [0.717, 1.165) is 4.90 Å². The molecule has 2 aromatic rings. The van der Waals surface area contributed by atoms with E-state index in [0.29, 0.717) is 0 Å². The van der Waals surface area contributed by atoms with E-state index < -0.39 is 0 Å². The van der Waals surface area contributed by atoms with Crippen LogP contribution in [0.5, 0.6) is 0 Å². The van der Waals surface area contributed by atoms with Crippen LogP contribution in [-0.4, -0.2) is 0 Å². The number of thiol groups is 1. The fourth-order valence-electron chi connectivity index (χ4n) is 1.73.